The standard InChI is InChI=1S/C16H26N4/c1-4-10-19(6-3)16-14(12-13(17)5-2)20-11-8-7-9-15(20)18-16/h7-9,11,13H,4-6,10,12,17H2,1-3H3. The normalized spacial score (nSPS) is 12.8. The lowest BCUT2D eigenvalue weighted by atomic mass is 10.1. The molecule has 1 unspecified atom stereocenters. The fourth-order valence-electron chi connectivity index (χ4n) is 2.55. The molecule has 110 valence electrons. The van der Waals surface area contributed by atoms with Crippen molar-refractivity contribution in [2.75, 3.05) is 18.0 Å². The van der Waals surface area contributed by atoms with Crippen LogP contribution in [0.3, 0.4) is 0 Å². The molecule has 2 rings (SSSR count). The summed E-state index contributed by atoms with van der Waals surface area (Å²) in [5.41, 5.74) is 8.43. The van der Waals surface area contributed by atoms with E-state index >= 15 is 0 Å². The van der Waals surface area contributed by atoms with E-state index in [4.69, 9.17) is 10.7 Å². The molecule has 0 saturated carbocycles. The Balaban J connectivity index is 2.48. The predicted molar refractivity (Wildman–Crippen MR) is 85.3 cm³/mol. The molecule has 0 aliphatic carbocycles. The number of hydrogen-bond acceptors (Lipinski definition) is 3. The Morgan fingerprint density at radius 2 is 2.10 bits per heavy atom. The number of nitrogens with two attached hydrogens (primary N) is 1. The van der Waals surface area contributed by atoms with Crippen LogP contribution in [0.4, 0.5) is 5.82 Å². The first kappa shape index (κ1) is 14.9. The molecular weight excluding hydrogens is 248 g/mol. The van der Waals surface area contributed by atoms with E-state index in [1.165, 1.54) is 5.69 Å². The minimum atomic E-state index is 0.189. The van der Waals surface area contributed by atoms with Crippen molar-refractivity contribution in [1.29, 1.82) is 0 Å². The van der Waals surface area contributed by atoms with E-state index in [0.29, 0.717) is 0 Å². The molecule has 0 aliphatic rings. The van der Waals surface area contributed by atoms with Crippen molar-refractivity contribution in [2.24, 2.45) is 5.73 Å². The Hall–Kier alpha value is -1.55. The van der Waals surface area contributed by atoms with Gasteiger partial charge in [-0.15, -0.1) is 0 Å². The smallest absolute Gasteiger partial charge is 0.151 e. The third-order valence-corrected chi connectivity index (χ3v) is 3.76. The molecule has 0 amide bonds. The molecule has 4 heteroatoms. The highest BCUT2D eigenvalue weighted by atomic mass is 15.2. The molecule has 0 aromatic carbocycles. The maximum absolute atomic E-state index is 6.18. The van der Waals surface area contributed by atoms with Gasteiger partial charge in [-0.1, -0.05) is 19.9 Å². The summed E-state index contributed by atoms with van der Waals surface area (Å²) >= 11 is 0. The Morgan fingerprint density at radius 3 is 2.75 bits per heavy atom. The molecule has 2 aromatic heterocycles. The van der Waals surface area contributed by atoms with Gasteiger partial charge in [-0.05, 0) is 31.9 Å². The molecule has 2 heterocycles. The second kappa shape index (κ2) is 6.75. The van der Waals surface area contributed by atoms with Crippen LogP contribution in [0.15, 0.2) is 24.4 Å². The summed E-state index contributed by atoms with van der Waals surface area (Å²) in [5, 5.41) is 0. The van der Waals surface area contributed by atoms with Gasteiger partial charge in [0.15, 0.2) is 5.82 Å². The van der Waals surface area contributed by atoms with Crippen molar-refractivity contribution in [3.05, 3.63) is 30.1 Å². The first-order valence-electron chi connectivity index (χ1n) is 7.67. The number of anilines is 1. The Kier molecular flexibility index (Phi) is 5.01. The molecule has 0 radical (unpaired) electrons. The molecule has 4 nitrogen and oxygen atoms in total. The zero-order valence-electron chi connectivity index (χ0n) is 12.8. The Labute approximate surface area is 121 Å². The highest BCUT2D eigenvalue weighted by Crippen LogP contribution is 2.23. The molecule has 0 spiro atoms. The average molecular weight is 274 g/mol. The van der Waals surface area contributed by atoms with Crippen molar-refractivity contribution in [3.8, 4) is 0 Å². The van der Waals surface area contributed by atoms with E-state index in [0.717, 1.165) is 43.8 Å². The van der Waals surface area contributed by atoms with Gasteiger partial charge in [-0.25, -0.2) is 4.98 Å². The van der Waals surface area contributed by atoms with Crippen molar-refractivity contribution in [2.45, 2.75) is 46.1 Å². The van der Waals surface area contributed by atoms with Crippen LogP contribution in [-0.2, 0) is 6.42 Å². The molecule has 2 N–H and O–H groups in total. The number of nitrogens with zero attached hydrogens (tertiary/aromatic N) is 3. The summed E-state index contributed by atoms with van der Waals surface area (Å²) in [5.74, 6) is 1.10. The predicted octanol–water partition coefficient (Wildman–Crippen LogP) is 2.85. The van der Waals surface area contributed by atoms with Crippen LogP contribution in [0.25, 0.3) is 5.65 Å². The van der Waals surface area contributed by atoms with E-state index in [-0.39, 0.29) is 6.04 Å². The zero-order chi connectivity index (χ0) is 14.5. The maximum atomic E-state index is 6.18. The quantitative estimate of drug-likeness (QED) is 0.844. The zero-order valence-corrected chi connectivity index (χ0v) is 12.8. The second-order valence-electron chi connectivity index (χ2n) is 5.26. The maximum Gasteiger partial charge on any atom is 0.151 e. The fraction of sp³-hybridized carbons (Fsp3) is 0.562. The van der Waals surface area contributed by atoms with Gasteiger partial charge in [0.05, 0.1) is 5.69 Å². The largest absolute Gasteiger partial charge is 0.355 e. The SMILES string of the molecule is CCCN(CC)c1nc2ccccn2c1CC(N)CC. The summed E-state index contributed by atoms with van der Waals surface area (Å²) in [6, 6.07) is 6.33. The van der Waals surface area contributed by atoms with Crippen molar-refractivity contribution >= 4 is 11.5 Å². The van der Waals surface area contributed by atoms with Crippen LogP contribution in [0, 0.1) is 0 Å². The molecule has 0 bridgehead atoms. The van der Waals surface area contributed by atoms with Gasteiger partial charge in [0.1, 0.15) is 5.65 Å². The third kappa shape index (κ3) is 2.96. The monoisotopic (exact) mass is 274 g/mol. The van der Waals surface area contributed by atoms with E-state index in [1.54, 1.807) is 0 Å². The summed E-state index contributed by atoms with van der Waals surface area (Å²) in [6.07, 6.45) is 5.07. The minimum absolute atomic E-state index is 0.189. The fourth-order valence-corrected chi connectivity index (χ4v) is 2.55. The van der Waals surface area contributed by atoms with Gasteiger partial charge >= 0.3 is 0 Å². The Morgan fingerprint density at radius 1 is 1.30 bits per heavy atom. The summed E-state index contributed by atoms with van der Waals surface area (Å²) in [7, 11) is 0. The second-order valence-corrected chi connectivity index (χ2v) is 5.26. The van der Waals surface area contributed by atoms with Crippen molar-refractivity contribution < 1.29 is 0 Å². The molecule has 0 aliphatic heterocycles. The van der Waals surface area contributed by atoms with Crippen LogP contribution in [-0.4, -0.2) is 28.5 Å². The van der Waals surface area contributed by atoms with Crippen LogP contribution in [0.5, 0.6) is 0 Å². The summed E-state index contributed by atoms with van der Waals surface area (Å²) in [4.78, 5) is 7.18. The first-order valence-corrected chi connectivity index (χ1v) is 7.67. The van der Waals surface area contributed by atoms with Gasteiger partial charge < -0.3 is 15.0 Å². The van der Waals surface area contributed by atoms with Gasteiger partial charge in [0, 0.05) is 31.7 Å². The van der Waals surface area contributed by atoms with Crippen LogP contribution in [0.1, 0.15) is 39.3 Å². The van der Waals surface area contributed by atoms with Crippen molar-refractivity contribution in [1.82, 2.24) is 9.38 Å². The highest BCUT2D eigenvalue weighted by molar-refractivity contribution is 5.56. The van der Waals surface area contributed by atoms with Gasteiger partial charge in [0.25, 0.3) is 0 Å². The Bertz CT molecular complexity index is 546. The molecule has 0 saturated heterocycles. The number of rotatable bonds is 7. The molecule has 1 atom stereocenters. The lowest BCUT2D eigenvalue weighted by molar-refractivity contribution is 0.631. The minimum Gasteiger partial charge on any atom is -0.355 e. The topological polar surface area (TPSA) is 46.6 Å². The molecule has 2 aromatic rings. The number of hydrogen-bond donors (Lipinski definition) is 1. The number of pyridine rings is 1. The lowest BCUT2D eigenvalue weighted by Crippen LogP contribution is -2.28. The summed E-state index contributed by atoms with van der Waals surface area (Å²) < 4.78 is 2.18. The van der Waals surface area contributed by atoms with E-state index < -0.39 is 0 Å². The molecule has 0 fully saturated rings. The van der Waals surface area contributed by atoms with E-state index in [2.05, 4.69) is 48.4 Å². The van der Waals surface area contributed by atoms with Gasteiger partial charge in [-0.3, -0.25) is 0 Å². The number of imidazole rings is 1. The van der Waals surface area contributed by atoms with Crippen LogP contribution < -0.4 is 10.6 Å². The van der Waals surface area contributed by atoms with Gasteiger partial charge in [0.2, 0.25) is 0 Å². The van der Waals surface area contributed by atoms with Crippen LogP contribution in [0.2, 0.25) is 0 Å². The number of fused-ring (bicyclic) bond motifs is 1. The number of aromatic nitrogens is 2. The van der Waals surface area contributed by atoms with Crippen molar-refractivity contribution in [3.63, 3.8) is 0 Å². The molecule has 20 heavy (non-hydrogen) atoms. The van der Waals surface area contributed by atoms with Gasteiger partial charge in [-0.2, -0.15) is 0 Å². The van der Waals surface area contributed by atoms with E-state index in [9.17, 15) is 0 Å². The third-order valence-electron chi connectivity index (χ3n) is 3.76. The average Bonchev–Trinajstić information content (AvgIpc) is 2.83. The molecular formula is C16H26N4. The first-order chi connectivity index (χ1) is 9.71. The lowest BCUT2D eigenvalue weighted by Gasteiger charge is -2.22. The highest BCUT2D eigenvalue weighted by Gasteiger charge is 2.18. The van der Waals surface area contributed by atoms with E-state index in [1.807, 2.05) is 6.07 Å². The van der Waals surface area contributed by atoms with Crippen LogP contribution >= 0.6 is 0 Å². The summed E-state index contributed by atoms with van der Waals surface area (Å²) in [6.45, 7) is 8.54.